The fraction of sp³-hybridized carbons (Fsp3) is 0.750. The van der Waals surface area contributed by atoms with Gasteiger partial charge in [0.1, 0.15) is 5.69 Å². The van der Waals surface area contributed by atoms with Crippen molar-refractivity contribution in [2.75, 3.05) is 0 Å². The van der Waals surface area contributed by atoms with Crippen molar-refractivity contribution in [1.82, 2.24) is 15.0 Å². The van der Waals surface area contributed by atoms with Crippen molar-refractivity contribution in [2.24, 2.45) is 0 Å². The van der Waals surface area contributed by atoms with Crippen LogP contribution in [0.25, 0.3) is 0 Å². The molecular formula is C12H20N4. The first-order valence-corrected chi connectivity index (χ1v) is 5.96. The number of rotatable bonds is 5. The maximum atomic E-state index is 8.76. The van der Waals surface area contributed by atoms with Crippen molar-refractivity contribution in [3.63, 3.8) is 0 Å². The van der Waals surface area contributed by atoms with E-state index in [-0.39, 0.29) is 0 Å². The summed E-state index contributed by atoms with van der Waals surface area (Å²) in [5.74, 6) is 0.360. The maximum Gasteiger partial charge on any atom is 0.100 e. The molecule has 16 heavy (non-hydrogen) atoms. The van der Waals surface area contributed by atoms with Crippen molar-refractivity contribution in [1.29, 1.82) is 5.26 Å². The molecule has 0 unspecified atom stereocenters. The Hall–Kier alpha value is -1.37. The molecule has 0 saturated carbocycles. The third-order valence-corrected chi connectivity index (χ3v) is 2.89. The number of nitrogens with zero attached hydrogens (tertiary/aromatic N) is 4. The van der Waals surface area contributed by atoms with E-state index < -0.39 is 0 Å². The van der Waals surface area contributed by atoms with Crippen LogP contribution in [-0.4, -0.2) is 15.0 Å². The van der Waals surface area contributed by atoms with E-state index in [1.54, 1.807) is 0 Å². The van der Waals surface area contributed by atoms with Crippen molar-refractivity contribution in [3.05, 3.63) is 11.4 Å². The molecule has 0 aliphatic heterocycles. The zero-order valence-electron chi connectivity index (χ0n) is 10.6. The molecule has 1 aromatic rings. The Kier molecular flexibility index (Phi) is 4.48. The van der Waals surface area contributed by atoms with E-state index in [4.69, 9.17) is 5.26 Å². The summed E-state index contributed by atoms with van der Waals surface area (Å²) in [6, 6.07) is 2.55. The van der Waals surface area contributed by atoms with Gasteiger partial charge in [-0.05, 0) is 18.8 Å². The number of aromatic nitrogens is 3. The van der Waals surface area contributed by atoms with E-state index in [0.29, 0.717) is 18.4 Å². The molecule has 0 spiro atoms. The van der Waals surface area contributed by atoms with Crippen molar-refractivity contribution >= 4 is 0 Å². The summed E-state index contributed by atoms with van der Waals surface area (Å²) in [4.78, 5) is 0. The normalized spacial score (nSPS) is 11.1. The Morgan fingerprint density at radius 1 is 1.31 bits per heavy atom. The highest BCUT2D eigenvalue weighted by molar-refractivity contribution is 5.18. The molecule has 0 atom stereocenters. The molecule has 0 radical (unpaired) electrons. The fourth-order valence-electron chi connectivity index (χ4n) is 2.04. The van der Waals surface area contributed by atoms with Gasteiger partial charge in [0, 0.05) is 0 Å². The number of hydrogen-bond donors (Lipinski definition) is 0. The van der Waals surface area contributed by atoms with Crippen LogP contribution in [0.2, 0.25) is 0 Å². The van der Waals surface area contributed by atoms with Gasteiger partial charge in [-0.1, -0.05) is 32.9 Å². The third-order valence-electron chi connectivity index (χ3n) is 2.89. The minimum Gasteiger partial charge on any atom is -0.246 e. The first-order chi connectivity index (χ1) is 7.65. The summed E-state index contributed by atoms with van der Waals surface area (Å²) < 4.78 is 2.01. The Morgan fingerprint density at radius 2 is 1.94 bits per heavy atom. The van der Waals surface area contributed by atoms with Crippen molar-refractivity contribution < 1.29 is 0 Å². The lowest BCUT2D eigenvalue weighted by Crippen LogP contribution is -2.14. The zero-order chi connectivity index (χ0) is 12.1. The van der Waals surface area contributed by atoms with E-state index >= 15 is 0 Å². The first-order valence-electron chi connectivity index (χ1n) is 5.96. The summed E-state index contributed by atoms with van der Waals surface area (Å²) >= 11 is 0. The molecule has 4 nitrogen and oxygen atoms in total. The van der Waals surface area contributed by atoms with Gasteiger partial charge in [0.15, 0.2) is 0 Å². The molecule has 4 heteroatoms. The largest absolute Gasteiger partial charge is 0.246 e. The predicted molar refractivity (Wildman–Crippen MR) is 63.0 cm³/mol. The van der Waals surface area contributed by atoms with Gasteiger partial charge in [0.2, 0.25) is 0 Å². The Labute approximate surface area is 97.3 Å². The molecule has 0 fully saturated rings. The summed E-state index contributed by atoms with van der Waals surface area (Å²) in [6.45, 7) is 8.56. The molecule has 0 N–H and O–H groups in total. The Morgan fingerprint density at radius 3 is 2.38 bits per heavy atom. The van der Waals surface area contributed by atoms with Crippen molar-refractivity contribution in [2.45, 2.75) is 58.9 Å². The molecule has 0 aromatic carbocycles. The molecule has 0 amide bonds. The van der Waals surface area contributed by atoms with E-state index in [0.717, 1.165) is 24.2 Å². The number of nitriles is 1. The smallest absolute Gasteiger partial charge is 0.100 e. The topological polar surface area (TPSA) is 54.5 Å². The summed E-state index contributed by atoms with van der Waals surface area (Å²) in [6.07, 6.45) is 2.45. The second-order valence-electron chi connectivity index (χ2n) is 4.33. The lowest BCUT2D eigenvalue weighted by atomic mass is 10.0. The monoisotopic (exact) mass is 220 g/mol. The average molecular weight is 220 g/mol. The van der Waals surface area contributed by atoms with Crippen LogP contribution < -0.4 is 0 Å². The lowest BCUT2D eigenvalue weighted by molar-refractivity contribution is 0.399. The summed E-state index contributed by atoms with van der Waals surface area (Å²) in [5.41, 5.74) is 1.96. The molecule has 1 aromatic heterocycles. The highest BCUT2D eigenvalue weighted by Gasteiger charge is 2.19. The van der Waals surface area contributed by atoms with Gasteiger partial charge < -0.3 is 0 Å². The van der Waals surface area contributed by atoms with Crippen LogP contribution in [-0.2, 0) is 6.42 Å². The summed E-state index contributed by atoms with van der Waals surface area (Å²) in [5, 5.41) is 17.1. The van der Waals surface area contributed by atoms with E-state index in [2.05, 4.69) is 44.1 Å². The third kappa shape index (κ3) is 2.41. The van der Waals surface area contributed by atoms with E-state index in [1.807, 2.05) is 4.68 Å². The van der Waals surface area contributed by atoms with Crippen LogP contribution in [0.3, 0.4) is 0 Å². The molecule has 1 rings (SSSR count). The average Bonchev–Trinajstić information content (AvgIpc) is 2.64. The minimum absolute atomic E-state index is 0.355. The van der Waals surface area contributed by atoms with Crippen LogP contribution in [0.1, 0.15) is 63.9 Å². The maximum absolute atomic E-state index is 8.76. The highest BCUT2D eigenvalue weighted by atomic mass is 15.4. The van der Waals surface area contributed by atoms with Gasteiger partial charge in [0.05, 0.1) is 24.2 Å². The second kappa shape index (κ2) is 5.64. The Bertz CT molecular complexity index is 369. The predicted octanol–water partition coefficient (Wildman–Crippen LogP) is 2.83. The molecule has 0 bridgehead atoms. The van der Waals surface area contributed by atoms with Crippen LogP contribution in [0.4, 0.5) is 0 Å². The molecular weight excluding hydrogens is 200 g/mol. The quantitative estimate of drug-likeness (QED) is 0.766. The lowest BCUT2D eigenvalue weighted by Gasteiger charge is -2.17. The van der Waals surface area contributed by atoms with Crippen LogP contribution in [0.15, 0.2) is 0 Å². The number of hydrogen-bond acceptors (Lipinski definition) is 3. The van der Waals surface area contributed by atoms with E-state index in [9.17, 15) is 0 Å². The SMILES string of the molecule is CCC(CC)n1nnc(CC#N)c1C(C)C. The summed E-state index contributed by atoms with van der Waals surface area (Å²) in [7, 11) is 0. The molecule has 1 heterocycles. The highest BCUT2D eigenvalue weighted by Crippen LogP contribution is 2.24. The van der Waals surface area contributed by atoms with Crippen LogP contribution in [0.5, 0.6) is 0 Å². The van der Waals surface area contributed by atoms with Gasteiger partial charge in [-0.3, -0.25) is 0 Å². The van der Waals surface area contributed by atoms with Gasteiger partial charge in [-0.2, -0.15) is 5.26 Å². The van der Waals surface area contributed by atoms with Gasteiger partial charge in [-0.25, -0.2) is 4.68 Å². The molecule has 0 saturated heterocycles. The van der Waals surface area contributed by atoms with Gasteiger partial charge in [-0.15, -0.1) is 5.10 Å². The fourth-order valence-corrected chi connectivity index (χ4v) is 2.04. The van der Waals surface area contributed by atoms with Crippen LogP contribution >= 0.6 is 0 Å². The van der Waals surface area contributed by atoms with Gasteiger partial charge in [0.25, 0.3) is 0 Å². The standard InChI is InChI=1S/C12H20N4/c1-5-10(6-2)16-12(9(3)4)11(7-8-13)14-15-16/h9-10H,5-7H2,1-4H3. The first kappa shape index (κ1) is 12.7. The van der Waals surface area contributed by atoms with Crippen LogP contribution in [0, 0.1) is 11.3 Å². The second-order valence-corrected chi connectivity index (χ2v) is 4.33. The van der Waals surface area contributed by atoms with E-state index in [1.165, 1.54) is 0 Å². The molecule has 88 valence electrons. The molecule has 0 aliphatic carbocycles. The van der Waals surface area contributed by atoms with Gasteiger partial charge >= 0.3 is 0 Å². The van der Waals surface area contributed by atoms with Crippen molar-refractivity contribution in [3.8, 4) is 6.07 Å². The molecule has 0 aliphatic rings. The minimum atomic E-state index is 0.355. The Balaban J connectivity index is 3.14. The zero-order valence-corrected chi connectivity index (χ0v) is 10.6.